The van der Waals surface area contributed by atoms with Gasteiger partial charge in [0.25, 0.3) is 0 Å². The largest absolute Gasteiger partial charge is 0.264 e. The molecule has 46 heavy (non-hydrogen) atoms. The number of rotatable bonds is 6. The van der Waals surface area contributed by atoms with E-state index in [0.29, 0.717) is 5.82 Å². The smallest absolute Gasteiger partial charge is 0.160 e. The summed E-state index contributed by atoms with van der Waals surface area (Å²) in [6.45, 7) is 0. The number of aromatic nitrogens is 3. The lowest BCUT2D eigenvalue weighted by atomic mass is 9.96. The lowest BCUT2D eigenvalue weighted by Crippen LogP contribution is -1.97. The van der Waals surface area contributed by atoms with Gasteiger partial charge in [-0.1, -0.05) is 127 Å². The van der Waals surface area contributed by atoms with Crippen LogP contribution in [-0.4, -0.2) is 15.0 Å². The van der Waals surface area contributed by atoms with Crippen molar-refractivity contribution in [3.05, 3.63) is 170 Å². The summed E-state index contributed by atoms with van der Waals surface area (Å²) in [7, 11) is 0. The zero-order valence-electron chi connectivity index (χ0n) is 25.3. The third-order valence-electron chi connectivity index (χ3n) is 8.61. The molecule has 0 saturated heterocycles. The Morgan fingerprint density at radius 2 is 1.17 bits per heavy atom. The summed E-state index contributed by atoms with van der Waals surface area (Å²) in [4.78, 5) is 14.7. The topological polar surface area (TPSA) is 38.7 Å². The molecule has 0 amide bonds. The molecule has 0 N–H and O–H groups in total. The van der Waals surface area contributed by atoms with Crippen molar-refractivity contribution in [2.24, 2.45) is 0 Å². The van der Waals surface area contributed by atoms with Gasteiger partial charge in [-0.15, -0.1) is 0 Å². The van der Waals surface area contributed by atoms with Crippen LogP contribution in [0, 0.1) is 0 Å². The monoisotopic (exact) mass is 589 g/mol. The molecule has 0 saturated carbocycles. The molecular formula is C43H31N3. The number of pyridine rings is 1. The minimum absolute atomic E-state index is 0.698. The molecule has 2 aromatic heterocycles. The number of benzene rings is 5. The third-order valence-corrected chi connectivity index (χ3v) is 8.61. The molecule has 3 heteroatoms. The number of hydrogen-bond donors (Lipinski definition) is 0. The average molecular weight is 590 g/mol. The quantitative estimate of drug-likeness (QED) is 0.194. The molecule has 0 aliphatic heterocycles. The Morgan fingerprint density at radius 3 is 2.00 bits per heavy atom. The van der Waals surface area contributed by atoms with Gasteiger partial charge in [-0.25, -0.2) is 9.97 Å². The molecule has 0 bridgehead atoms. The molecule has 0 fully saturated rings. The summed E-state index contributed by atoms with van der Waals surface area (Å²) < 4.78 is 0. The van der Waals surface area contributed by atoms with Gasteiger partial charge in [-0.05, 0) is 75.7 Å². The van der Waals surface area contributed by atoms with Crippen LogP contribution in [0.4, 0.5) is 0 Å². The van der Waals surface area contributed by atoms with Gasteiger partial charge in [-0.2, -0.15) is 0 Å². The second kappa shape index (κ2) is 12.2. The zero-order valence-corrected chi connectivity index (χ0v) is 25.3. The maximum Gasteiger partial charge on any atom is 0.160 e. The highest BCUT2D eigenvalue weighted by molar-refractivity contribution is 5.97. The van der Waals surface area contributed by atoms with E-state index in [1.54, 1.807) is 6.20 Å². The van der Waals surface area contributed by atoms with E-state index in [0.717, 1.165) is 57.6 Å². The van der Waals surface area contributed by atoms with E-state index in [9.17, 15) is 0 Å². The zero-order chi connectivity index (χ0) is 30.7. The Bertz CT molecular complexity index is 2240. The van der Waals surface area contributed by atoms with E-state index in [1.165, 1.54) is 27.5 Å². The van der Waals surface area contributed by atoms with Crippen LogP contribution in [0.2, 0.25) is 0 Å². The summed E-state index contributed by atoms with van der Waals surface area (Å²) >= 11 is 0. The second-order valence-corrected chi connectivity index (χ2v) is 11.6. The van der Waals surface area contributed by atoms with Crippen molar-refractivity contribution in [1.82, 2.24) is 15.0 Å². The normalized spacial score (nSPS) is 12.7. The Labute approximate surface area is 269 Å². The standard InChI is InChI=1S/C43H31N3/c1-2-10-30(11-3-1)31-21-23-33(24-22-31)41-28-42(36-16-6-14-34(26-36)38-18-9-25-44-29-38)46-43(45-41)37-17-7-15-35(27-37)40-20-8-13-32-12-4-5-19-39(32)40/h2,4-29H,1,3H2. The van der Waals surface area contributed by atoms with Gasteiger partial charge >= 0.3 is 0 Å². The summed E-state index contributed by atoms with van der Waals surface area (Å²) in [5.41, 5.74) is 11.8. The molecule has 3 nitrogen and oxygen atoms in total. The fourth-order valence-corrected chi connectivity index (χ4v) is 6.23. The van der Waals surface area contributed by atoms with Crippen LogP contribution in [-0.2, 0) is 0 Å². The first-order valence-corrected chi connectivity index (χ1v) is 15.7. The van der Waals surface area contributed by atoms with E-state index in [2.05, 4.69) is 151 Å². The van der Waals surface area contributed by atoms with Crippen molar-refractivity contribution in [3.63, 3.8) is 0 Å². The summed E-state index contributed by atoms with van der Waals surface area (Å²) in [6, 6.07) is 47.0. The lowest BCUT2D eigenvalue weighted by Gasteiger charge is -2.13. The highest BCUT2D eigenvalue weighted by Gasteiger charge is 2.14. The van der Waals surface area contributed by atoms with E-state index >= 15 is 0 Å². The van der Waals surface area contributed by atoms with Gasteiger partial charge in [0.15, 0.2) is 5.82 Å². The SMILES string of the molecule is C1=CC(c2ccc(-c3cc(-c4cccc(-c5cccnc5)c4)nc(-c4cccc(-c5cccc6ccccc56)c4)n3)cc2)=CCC1. The van der Waals surface area contributed by atoms with Crippen LogP contribution in [0.25, 0.3) is 72.5 Å². The fraction of sp³-hybridized carbons (Fsp3) is 0.0465. The van der Waals surface area contributed by atoms with Crippen molar-refractivity contribution in [1.29, 1.82) is 0 Å². The highest BCUT2D eigenvalue weighted by Crippen LogP contribution is 2.34. The van der Waals surface area contributed by atoms with E-state index in [-0.39, 0.29) is 0 Å². The van der Waals surface area contributed by atoms with Crippen LogP contribution >= 0.6 is 0 Å². The molecule has 2 heterocycles. The highest BCUT2D eigenvalue weighted by atomic mass is 14.9. The molecular weight excluding hydrogens is 558 g/mol. The van der Waals surface area contributed by atoms with E-state index in [1.807, 2.05) is 12.3 Å². The van der Waals surface area contributed by atoms with Gasteiger partial charge < -0.3 is 0 Å². The molecule has 218 valence electrons. The van der Waals surface area contributed by atoms with Crippen molar-refractivity contribution >= 4 is 16.3 Å². The minimum atomic E-state index is 0.698. The number of nitrogens with zero attached hydrogens (tertiary/aromatic N) is 3. The predicted molar refractivity (Wildman–Crippen MR) is 191 cm³/mol. The Balaban J connectivity index is 1.25. The molecule has 0 atom stereocenters. The van der Waals surface area contributed by atoms with Gasteiger partial charge in [0, 0.05) is 34.6 Å². The van der Waals surface area contributed by atoms with E-state index < -0.39 is 0 Å². The maximum atomic E-state index is 5.18. The molecule has 7 aromatic rings. The second-order valence-electron chi connectivity index (χ2n) is 11.6. The Kier molecular flexibility index (Phi) is 7.33. The first kappa shape index (κ1) is 27.6. The number of fused-ring (bicyclic) bond motifs is 1. The molecule has 1 aliphatic carbocycles. The van der Waals surface area contributed by atoms with Gasteiger partial charge in [0.2, 0.25) is 0 Å². The summed E-state index contributed by atoms with van der Waals surface area (Å²) in [6.07, 6.45) is 12.7. The molecule has 0 spiro atoms. The average Bonchev–Trinajstić information content (AvgIpc) is 3.15. The summed E-state index contributed by atoms with van der Waals surface area (Å²) in [5.74, 6) is 0.698. The molecule has 8 rings (SSSR count). The molecule has 1 aliphatic rings. The van der Waals surface area contributed by atoms with Crippen LogP contribution in [0.3, 0.4) is 0 Å². The fourth-order valence-electron chi connectivity index (χ4n) is 6.23. The molecule has 0 radical (unpaired) electrons. The maximum absolute atomic E-state index is 5.18. The van der Waals surface area contributed by atoms with Crippen LogP contribution in [0.1, 0.15) is 18.4 Å². The van der Waals surface area contributed by atoms with Crippen molar-refractivity contribution in [2.45, 2.75) is 12.8 Å². The van der Waals surface area contributed by atoms with Crippen molar-refractivity contribution < 1.29 is 0 Å². The van der Waals surface area contributed by atoms with E-state index in [4.69, 9.17) is 9.97 Å². The van der Waals surface area contributed by atoms with Gasteiger partial charge in [0.1, 0.15) is 0 Å². The van der Waals surface area contributed by atoms with Crippen LogP contribution in [0.15, 0.2) is 164 Å². The summed E-state index contributed by atoms with van der Waals surface area (Å²) in [5, 5.41) is 2.45. The first-order chi connectivity index (χ1) is 22.8. The molecule has 5 aromatic carbocycles. The Morgan fingerprint density at radius 1 is 0.478 bits per heavy atom. The van der Waals surface area contributed by atoms with Crippen molar-refractivity contribution in [3.8, 4) is 56.2 Å². The number of hydrogen-bond acceptors (Lipinski definition) is 3. The van der Waals surface area contributed by atoms with Crippen molar-refractivity contribution in [2.75, 3.05) is 0 Å². The lowest BCUT2D eigenvalue weighted by molar-refractivity contribution is 1.04. The minimum Gasteiger partial charge on any atom is -0.264 e. The predicted octanol–water partition coefficient (Wildman–Crippen LogP) is 11.1. The van der Waals surface area contributed by atoms with Crippen LogP contribution in [0.5, 0.6) is 0 Å². The number of allylic oxidation sites excluding steroid dienone is 4. The third kappa shape index (κ3) is 5.55. The first-order valence-electron chi connectivity index (χ1n) is 15.7. The van der Waals surface area contributed by atoms with Gasteiger partial charge in [-0.3, -0.25) is 4.98 Å². The molecule has 0 unspecified atom stereocenters. The van der Waals surface area contributed by atoms with Gasteiger partial charge in [0.05, 0.1) is 11.4 Å². The Hall–Kier alpha value is -5.93. The van der Waals surface area contributed by atoms with Crippen LogP contribution < -0.4 is 0 Å².